The molecule has 0 aliphatic rings. The molecule has 0 saturated carbocycles. The Kier molecular flexibility index (Phi) is 6.96. The van der Waals surface area contributed by atoms with Gasteiger partial charge in [-0.25, -0.2) is 0 Å². The van der Waals surface area contributed by atoms with Gasteiger partial charge >= 0.3 is 0 Å². The Labute approximate surface area is 131 Å². The van der Waals surface area contributed by atoms with Crippen LogP contribution in [0, 0.1) is 6.92 Å². The summed E-state index contributed by atoms with van der Waals surface area (Å²) < 4.78 is 0. The van der Waals surface area contributed by atoms with Crippen molar-refractivity contribution < 1.29 is 0 Å². The molecule has 0 bridgehead atoms. The van der Waals surface area contributed by atoms with E-state index in [1.54, 1.807) is 5.56 Å². The van der Waals surface area contributed by atoms with Crippen molar-refractivity contribution >= 4 is 19.2 Å². The predicted molar refractivity (Wildman–Crippen MR) is 97.7 cm³/mol. The normalized spacial score (nSPS) is 11.3. The van der Waals surface area contributed by atoms with Gasteiger partial charge in [0.05, 0.1) is 0 Å². The van der Waals surface area contributed by atoms with E-state index in [1.165, 1.54) is 54.7 Å². The fourth-order valence-corrected chi connectivity index (χ4v) is 3.76. The highest BCUT2D eigenvalue weighted by Crippen LogP contribution is 2.16. The fraction of sp³-hybridized carbons (Fsp3) is 0.400. The number of hydrogen-bond acceptors (Lipinski definition) is 0. The van der Waals surface area contributed by atoms with Crippen molar-refractivity contribution in [2.75, 3.05) is 0 Å². The summed E-state index contributed by atoms with van der Waals surface area (Å²) in [6.07, 6.45) is 8.03. The number of benzene rings is 2. The third-order valence-electron chi connectivity index (χ3n) is 3.90. The SMILES string of the molecule is CCCCCCCc1ccccc1Pc1ccc(C)cc1. The molecule has 0 aromatic heterocycles. The molecule has 2 aromatic rings. The average molecular weight is 298 g/mol. The summed E-state index contributed by atoms with van der Waals surface area (Å²) in [7, 11) is 0.784. The van der Waals surface area contributed by atoms with Crippen LogP contribution >= 0.6 is 8.58 Å². The lowest BCUT2D eigenvalue weighted by atomic mass is 10.1. The molecule has 2 rings (SSSR count). The third-order valence-corrected chi connectivity index (χ3v) is 5.28. The molecule has 112 valence electrons. The highest BCUT2D eigenvalue weighted by atomic mass is 31.1. The van der Waals surface area contributed by atoms with E-state index in [0.29, 0.717) is 0 Å². The first kappa shape index (κ1) is 16.2. The minimum Gasteiger partial charge on any atom is -0.0654 e. The van der Waals surface area contributed by atoms with Crippen LogP contribution in [-0.4, -0.2) is 0 Å². The van der Waals surface area contributed by atoms with Gasteiger partial charge in [0.2, 0.25) is 0 Å². The van der Waals surface area contributed by atoms with E-state index >= 15 is 0 Å². The summed E-state index contributed by atoms with van der Waals surface area (Å²) in [6.45, 7) is 4.43. The molecule has 1 unspecified atom stereocenters. The molecule has 0 N–H and O–H groups in total. The van der Waals surface area contributed by atoms with Crippen LogP contribution in [0.3, 0.4) is 0 Å². The maximum Gasteiger partial charge on any atom is -0.0194 e. The van der Waals surface area contributed by atoms with Gasteiger partial charge in [0, 0.05) is 0 Å². The number of rotatable bonds is 8. The zero-order valence-electron chi connectivity index (χ0n) is 13.4. The van der Waals surface area contributed by atoms with Gasteiger partial charge in [0.1, 0.15) is 0 Å². The largest absolute Gasteiger partial charge is 0.0654 e. The molecule has 0 nitrogen and oxygen atoms in total. The summed E-state index contributed by atoms with van der Waals surface area (Å²) >= 11 is 0. The summed E-state index contributed by atoms with van der Waals surface area (Å²) in [5.41, 5.74) is 2.89. The highest BCUT2D eigenvalue weighted by molar-refractivity contribution is 7.55. The van der Waals surface area contributed by atoms with Crippen molar-refractivity contribution in [2.45, 2.75) is 52.4 Å². The van der Waals surface area contributed by atoms with Crippen LogP contribution < -0.4 is 10.6 Å². The molecule has 0 saturated heterocycles. The van der Waals surface area contributed by atoms with E-state index in [1.807, 2.05) is 0 Å². The second-order valence-electron chi connectivity index (χ2n) is 5.81. The molecule has 0 spiro atoms. The number of hydrogen-bond donors (Lipinski definition) is 0. The molecule has 0 amide bonds. The van der Waals surface area contributed by atoms with Crippen LogP contribution in [0.5, 0.6) is 0 Å². The molecule has 0 aliphatic heterocycles. The Morgan fingerprint density at radius 3 is 2.29 bits per heavy atom. The standard InChI is InChI=1S/C20H27P/c1-3-4-5-6-7-10-18-11-8-9-12-20(18)21-19-15-13-17(2)14-16-19/h8-9,11-16,21H,3-7,10H2,1-2H3. The Hall–Kier alpha value is -1.13. The van der Waals surface area contributed by atoms with Crippen LogP contribution in [0.4, 0.5) is 0 Å². The molecular weight excluding hydrogens is 271 g/mol. The first-order valence-corrected chi connectivity index (χ1v) is 9.21. The van der Waals surface area contributed by atoms with Gasteiger partial charge in [-0.05, 0) is 35.9 Å². The lowest BCUT2D eigenvalue weighted by molar-refractivity contribution is 0.633. The van der Waals surface area contributed by atoms with E-state index in [0.717, 1.165) is 8.58 Å². The van der Waals surface area contributed by atoms with Gasteiger partial charge in [0.25, 0.3) is 0 Å². The third kappa shape index (κ3) is 5.64. The molecule has 2 aromatic carbocycles. The lowest BCUT2D eigenvalue weighted by Crippen LogP contribution is -2.09. The number of aryl methyl sites for hydroxylation is 2. The Balaban J connectivity index is 1.94. The smallest absolute Gasteiger partial charge is 0.0194 e. The first-order chi connectivity index (χ1) is 10.3. The summed E-state index contributed by atoms with van der Waals surface area (Å²) in [5, 5.41) is 2.97. The maximum atomic E-state index is 2.32. The van der Waals surface area contributed by atoms with Crippen molar-refractivity contribution in [3.63, 3.8) is 0 Å². The Morgan fingerprint density at radius 2 is 1.52 bits per heavy atom. The highest BCUT2D eigenvalue weighted by Gasteiger charge is 2.03. The monoisotopic (exact) mass is 298 g/mol. The topological polar surface area (TPSA) is 0 Å². The molecule has 1 heteroatoms. The van der Waals surface area contributed by atoms with E-state index in [-0.39, 0.29) is 0 Å². The van der Waals surface area contributed by atoms with Crippen LogP contribution in [-0.2, 0) is 6.42 Å². The molecule has 0 aliphatic carbocycles. The van der Waals surface area contributed by atoms with Crippen molar-refractivity contribution in [3.05, 3.63) is 59.7 Å². The van der Waals surface area contributed by atoms with Crippen LogP contribution in [0.15, 0.2) is 48.5 Å². The van der Waals surface area contributed by atoms with Crippen LogP contribution in [0.1, 0.15) is 50.2 Å². The summed E-state index contributed by atoms with van der Waals surface area (Å²) in [6, 6.07) is 18.0. The minimum atomic E-state index is 0.784. The van der Waals surface area contributed by atoms with E-state index in [9.17, 15) is 0 Å². The van der Waals surface area contributed by atoms with Gasteiger partial charge in [-0.15, -0.1) is 0 Å². The van der Waals surface area contributed by atoms with Crippen LogP contribution in [0.25, 0.3) is 0 Å². The zero-order chi connectivity index (χ0) is 14.9. The average Bonchev–Trinajstić information content (AvgIpc) is 2.51. The van der Waals surface area contributed by atoms with Gasteiger partial charge in [0.15, 0.2) is 0 Å². The van der Waals surface area contributed by atoms with Gasteiger partial charge < -0.3 is 0 Å². The molecule has 1 atom stereocenters. The molecule has 0 radical (unpaired) electrons. The van der Waals surface area contributed by atoms with Crippen molar-refractivity contribution in [2.24, 2.45) is 0 Å². The van der Waals surface area contributed by atoms with Gasteiger partial charge in [-0.2, -0.15) is 0 Å². The predicted octanol–water partition coefficient (Wildman–Crippen LogP) is 5.14. The van der Waals surface area contributed by atoms with E-state index < -0.39 is 0 Å². The maximum absolute atomic E-state index is 2.32. The Morgan fingerprint density at radius 1 is 0.810 bits per heavy atom. The Bertz CT molecular complexity index is 528. The van der Waals surface area contributed by atoms with E-state index in [2.05, 4.69) is 62.4 Å². The second-order valence-corrected chi connectivity index (χ2v) is 7.18. The minimum absolute atomic E-state index is 0.784. The van der Waals surface area contributed by atoms with Gasteiger partial charge in [-0.3, -0.25) is 0 Å². The van der Waals surface area contributed by atoms with Crippen molar-refractivity contribution in [3.8, 4) is 0 Å². The van der Waals surface area contributed by atoms with Crippen molar-refractivity contribution in [1.82, 2.24) is 0 Å². The lowest BCUT2D eigenvalue weighted by Gasteiger charge is -2.10. The van der Waals surface area contributed by atoms with Gasteiger partial charge in [-0.1, -0.05) is 95.3 Å². The summed E-state index contributed by atoms with van der Waals surface area (Å²) in [5.74, 6) is 0. The number of unbranched alkanes of at least 4 members (excludes halogenated alkanes) is 4. The quantitative estimate of drug-likeness (QED) is 0.468. The van der Waals surface area contributed by atoms with E-state index in [4.69, 9.17) is 0 Å². The molecule has 0 heterocycles. The van der Waals surface area contributed by atoms with Crippen molar-refractivity contribution in [1.29, 1.82) is 0 Å². The molecule has 21 heavy (non-hydrogen) atoms. The second kappa shape index (κ2) is 9.00. The zero-order valence-corrected chi connectivity index (χ0v) is 14.4. The fourth-order valence-electron chi connectivity index (χ4n) is 2.57. The summed E-state index contributed by atoms with van der Waals surface area (Å²) in [4.78, 5) is 0. The first-order valence-electron chi connectivity index (χ1n) is 8.21. The molecule has 0 fully saturated rings. The molecular formula is C20H27P. The van der Waals surface area contributed by atoms with Crippen LogP contribution in [0.2, 0.25) is 0 Å².